The van der Waals surface area contributed by atoms with Crippen molar-refractivity contribution in [2.45, 2.75) is 13.5 Å². The van der Waals surface area contributed by atoms with E-state index in [0.717, 1.165) is 11.3 Å². The van der Waals surface area contributed by atoms with Gasteiger partial charge in [0.2, 0.25) is 5.88 Å². The maximum Gasteiger partial charge on any atom is 0.238 e. The monoisotopic (exact) mass is 241 g/mol. The molecule has 2 aromatic rings. The number of allylic oxidation sites excluding steroid dienone is 1. The first-order valence-electron chi connectivity index (χ1n) is 5.74. The van der Waals surface area contributed by atoms with Crippen LogP contribution in [0.1, 0.15) is 18.2 Å². The number of nitrogens with zero attached hydrogens (tertiary/aromatic N) is 2. The molecule has 0 bridgehead atoms. The minimum absolute atomic E-state index is 0.348. The van der Waals surface area contributed by atoms with E-state index in [9.17, 15) is 0 Å². The first kappa shape index (κ1) is 12.3. The molecular formula is C14H15N3O. The van der Waals surface area contributed by atoms with Gasteiger partial charge in [-0.15, -0.1) is 0 Å². The molecule has 0 atom stereocenters. The molecule has 0 aliphatic carbocycles. The minimum Gasteiger partial charge on any atom is -0.437 e. The Balaban J connectivity index is 2.27. The van der Waals surface area contributed by atoms with Crippen LogP contribution in [-0.4, -0.2) is 9.97 Å². The number of nitrogens with two attached hydrogens (primary N) is 1. The van der Waals surface area contributed by atoms with Crippen LogP contribution in [0.5, 0.6) is 11.6 Å². The van der Waals surface area contributed by atoms with Gasteiger partial charge in [0.05, 0.1) is 11.9 Å². The van der Waals surface area contributed by atoms with E-state index in [0.29, 0.717) is 18.1 Å². The molecule has 0 fully saturated rings. The predicted octanol–water partition coefficient (Wildman–Crippen LogP) is 2.76. The van der Waals surface area contributed by atoms with Crippen LogP contribution in [0.4, 0.5) is 0 Å². The zero-order valence-corrected chi connectivity index (χ0v) is 10.2. The fourth-order valence-electron chi connectivity index (χ4n) is 1.54. The number of hydrogen-bond acceptors (Lipinski definition) is 4. The Kier molecular flexibility index (Phi) is 4.04. The van der Waals surface area contributed by atoms with Crippen molar-refractivity contribution in [1.82, 2.24) is 9.97 Å². The summed E-state index contributed by atoms with van der Waals surface area (Å²) in [5.41, 5.74) is 7.23. The van der Waals surface area contributed by atoms with Gasteiger partial charge in [-0.2, -0.15) is 0 Å². The molecule has 18 heavy (non-hydrogen) atoms. The smallest absolute Gasteiger partial charge is 0.238 e. The van der Waals surface area contributed by atoms with Gasteiger partial charge in [-0.25, -0.2) is 4.98 Å². The van der Waals surface area contributed by atoms with Crippen molar-refractivity contribution in [2.24, 2.45) is 5.73 Å². The molecule has 0 spiro atoms. The summed E-state index contributed by atoms with van der Waals surface area (Å²) in [5.74, 6) is 1.20. The second-order valence-corrected chi connectivity index (χ2v) is 3.69. The fourth-order valence-corrected chi connectivity index (χ4v) is 1.54. The van der Waals surface area contributed by atoms with Crippen molar-refractivity contribution < 1.29 is 4.74 Å². The Morgan fingerprint density at radius 1 is 1.28 bits per heavy atom. The van der Waals surface area contributed by atoms with Crippen LogP contribution in [-0.2, 0) is 6.54 Å². The summed E-state index contributed by atoms with van der Waals surface area (Å²) in [6.45, 7) is 2.31. The van der Waals surface area contributed by atoms with Gasteiger partial charge in [-0.05, 0) is 13.0 Å². The SMILES string of the molecule is CC=Cc1ccccc1Oc1cncc(CN)n1. The summed E-state index contributed by atoms with van der Waals surface area (Å²) in [6.07, 6.45) is 7.15. The highest BCUT2D eigenvalue weighted by Crippen LogP contribution is 2.24. The van der Waals surface area contributed by atoms with Gasteiger partial charge >= 0.3 is 0 Å². The quantitative estimate of drug-likeness (QED) is 0.894. The molecule has 92 valence electrons. The zero-order chi connectivity index (χ0) is 12.8. The van der Waals surface area contributed by atoms with Gasteiger partial charge in [-0.3, -0.25) is 4.98 Å². The van der Waals surface area contributed by atoms with Gasteiger partial charge in [0.1, 0.15) is 5.75 Å². The van der Waals surface area contributed by atoms with Crippen molar-refractivity contribution in [3.63, 3.8) is 0 Å². The molecule has 4 heteroatoms. The molecule has 0 saturated heterocycles. The van der Waals surface area contributed by atoms with Crippen molar-refractivity contribution in [3.8, 4) is 11.6 Å². The summed E-state index contributed by atoms with van der Waals surface area (Å²) < 4.78 is 5.72. The molecule has 0 amide bonds. The maximum atomic E-state index is 5.72. The van der Waals surface area contributed by atoms with Crippen LogP contribution in [0.25, 0.3) is 6.08 Å². The highest BCUT2D eigenvalue weighted by atomic mass is 16.5. The summed E-state index contributed by atoms with van der Waals surface area (Å²) in [6, 6.07) is 7.76. The molecular weight excluding hydrogens is 226 g/mol. The van der Waals surface area contributed by atoms with Crippen LogP contribution in [0.15, 0.2) is 42.7 Å². The van der Waals surface area contributed by atoms with E-state index in [1.54, 1.807) is 12.4 Å². The molecule has 0 saturated carbocycles. The molecule has 1 aromatic carbocycles. The lowest BCUT2D eigenvalue weighted by atomic mass is 10.2. The number of rotatable bonds is 4. The highest BCUT2D eigenvalue weighted by molar-refractivity contribution is 5.57. The van der Waals surface area contributed by atoms with E-state index in [1.165, 1.54) is 0 Å². The van der Waals surface area contributed by atoms with E-state index in [4.69, 9.17) is 10.5 Å². The lowest BCUT2D eigenvalue weighted by Crippen LogP contribution is -2.01. The Labute approximate surface area is 106 Å². The number of para-hydroxylation sites is 1. The van der Waals surface area contributed by atoms with E-state index >= 15 is 0 Å². The lowest BCUT2D eigenvalue weighted by Gasteiger charge is -2.08. The van der Waals surface area contributed by atoms with Gasteiger partial charge in [0.25, 0.3) is 0 Å². The van der Waals surface area contributed by atoms with Gasteiger partial charge in [0, 0.05) is 18.3 Å². The molecule has 0 aliphatic heterocycles. The van der Waals surface area contributed by atoms with E-state index in [2.05, 4.69) is 9.97 Å². The Hall–Kier alpha value is -2.20. The third kappa shape index (κ3) is 2.93. The molecule has 2 rings (SSSR count). The highest BCUT2D eigenvalue weighted by Gasteiger charge is 2.03. The molecule has 0 radical (unpaired) electrons. The number of ether oxygens (including phenoxy) is 1. The summed E-state index contributed by atoms with van der Waals surface area (Å²) in [7, 11) is 0. The zero-order valence-electron chi connectivity index (χ0n) is 10.2. The van der Waals surface area contributed by atoms with Crippen molar-refractivity contribution in [1.29, 1.82) is 0 Å². The van der Waals surface area contributed by atoms with Gasteiger partial charge in [0.15, 0.2) is 0 Å². The molecule has 2 N–H and O–H groups in total. The van der Waals surface area contributed by atoms with Gasteiger partial charge < -0.3 is 10.5 Å². The second kappa shape index (κ2) is 5.93. The summed E-state index contributed by atoms with van der Waals surface area (Å²) >= 11 is 0. The van der Waals surface area contributed by atoms with Gasteiger partial charge in [-0.1, -0.05) is 30.4 Å². The average Bonchev–Trinajstić information content (AvgIpc) is 2.41. The normalized spacial score (nSPS) is 10.8. The average molecular weight is 241 g/mol. The second-order valence-electron chi connectivity index (χ2n) is 3.69. The fraction of sp³-hybridized carbons (Fsp3) is 0.143. The summed E-state index contributed by atoms with van der Waals surface area (Å²) in [4.78, 5) is 8.30. The van der Waals surface area contributed by atoms with Crippen molar-refractivity contribution >= 4 is 6.08 Å². The number of hydrogen-bond donors (Lipinski definition) is 1. The summed E-state index contributed by atoms with van der Waals surface area (Å²) in [5, 5.41) is 0. The number of benzene rings is 1. The predicted molar refractivity (Wildman–Crippen MR) is 71.1 cm³/mol. The van der Waals surface area contributed by atoms with Crippen LogP contribution < -0.4 is 10.5 Å². The van der Waals surface area contributed by atoms with E-state index in [1.807, 2.05) is 43.3 Å². The van der Waals surface area contributed by atoms with Crippen LogP contribution >= 0.6 is 0 Å². The standard InChI is InChI=1S/C14H15N3O/c1-2-5-11-6-3-4-7-13(11)18-14-10-16-9-12(8-15)17-14/h2-7,9-10H,8,15H2,1H3. The van der Waals surface area contributed by atoms with E-state index in [-0.39, 0.29) is 0 Å². The molecule has 4 nitrogen and oxygen atoms in total. The Morgan fingerprint density at radius 3 is 2.89 bits per heavy atom. The largest absolute Gasteiger partial charge is 0.437 e. The van der Waals surface area contributed by atoms with E-state index < -0.39 is 0 Å². The van der Waals surface area contributed by atoms with Crippen molar-refractivity contribution in [2.75, 3.05) is 0 Å². The third-order valence-electron chi connectivity index (χ3n) is 2.35. The first-order chi connectivity index (χ1) is 8.83. The van der Waals surface area contributed by atoms with Crippen LogP contribution in [0, 0.1) is 0 Å². The maximum absolute atomic E-state index is 5.72. The molecule has 0 unspecified atom stereocenters. The van der Waals surface area contributed by atoms with Crippen LogP contribution in [0.3, 0.4) is 0 Å². The number of aromatic nitrogens is 2. The minimum atomic E-state index is 0.348. The Morgan fingerprint density at radius 2 is 2.11 bits per heavy atom. The molecule has 0 aliphatic rings. The Bertz CT molecular complexity index is 552. The first-order valence-corrected chi connectivity index (χ1v) is 5.74. The third-order valence-corrected chi connectivity index (χ3v) is 2.35. The van der Waals surface area contributed by atoms with Crippen LogP contribution in [0.2, 0.25) is 0 Å². The lowest BCUT2D eigenvalue weighted by molar-refractivity contribution is 0.456. The topological polar surface area (TPSA) is 61.0 Å². The molecule has 1 aromatic heterocycles. The molecule has 1 heterocycles. The van der Waals surface area contributed by atoms with Crippen molar-refractivity contribution in [3.05, 3.63) is 54.0 Å².